The van der Waals surface area contributed by atoms with E-state index in [0.29, 0.717) is 5.56 Å². The van der Waals surface area contributed by atoms with E-state index < -0.39 is 23.9 Å². The highest BCUT2D eigenvalue weighted by molar-refractivity contribution is 5.76. The van der Waals surface area contributed by atoms with Gasteiger partial charge in [-0.3, -0.25) is 0 Å². The molecule has 0 heterocycles. The number of urea groups is 1. The first-order chi connectivity index (χ1) is 9.04. The first-order valence-electron chi connectivity index (χ1n) is 5.55. The maximum Gasteiger partial charge on any atom is 0.334 e. The second-order valence-electron chi connectivity index (χ2n) is 3.72. The average molecular weight is 270 g/mol. The molecule has 0 aliphatic carbocycles. The number of nitrogens with one attached hydrogen (secondary N) is 2. The lowest BCUT2D eigenvalue weighted by Gasteiger charge is -2.12. The summed E-state index contributed by atoms with van der Waals surface area (Å²) in [5.41, 5.74) is 0.346. The minimum absolute atomic E-state index is 0.0171. The van der Waals surface area contributed by atoms with Crippen LogP contribution in [0.1, 0.15) is 5.56 Å². The molecule has 0 spiro atoms. The Hall–Kier alpha value is -2.15. The first-order valence-corrected chi connectivity index (χ1v) is 5.55. The molecule has 1 unspecified atom stereocenters. The van der Waals surface area contributed by atoms with Gasteiger partial charge in [0.1, 0.15) is 5.82 Å². The molecule has 2 amide bonds. The quantitative estimate of drug-likeness (QED) is 0.711. The van der Waals surface area contributed by atoms with Gasteiger partial charge in [0, 0.05) is 19.2 Å². The van der Waals surface area contributed by atoms with Crippen LogP contribution < -0.4 is 10.6 Å². The second-order valence-corrected chi connectivity index (χ2v) is 3.72. The minimum Gasteiger partial charge on any atom is -0.479 e. The normalized spacial score (nSPS) is 11.7. The second kappa shape index (κ2) is 7.32. The van der Waals surface area contributed by atoms with Gasteiger partial charge >= 0.3 is 12.0 Å². The van der Waals surface area contributed by atoms with Gasteiger partial charge in [0.05, 0.1) is 6.54 Å². The zero-order valence-corrected chi connectivity index (χ0v) is 10.4. The molecular weight excluding hydrogens is 255 g/mol. The molecule has 0 fully saturated rings. The number of carboxylic acids is 1. The zero-order valence-electron chi connectivity index (χ0n) is 10.4. The molecular formula is C12H15FN2O4. The molecule has 104 valence electrons. The number of methoxy groups -OCH3 is 1. The van der Waals surface area contributed by atoms with Crippen LogP contribution in [0.2, 0.25) is 0 Å². The van der Waals surface area contributed by atoms with E-state index in [1.165, 1.54) is 13.2 Å². The van der Waals surface area contributed by atoms with Crippen molar-refractivity contribution in [2.75, 3.05) is 13.7 Å². The fraction of sp³-hybridized carbons (Fsp3) is 0.333. The van der Waals surface area contributed by atoms with Gasteiger partial charge in [0.15, 0.2) is 6.10 Å². The molecule has 0 bridgehead atoms. The molecule has 1 atom stereocenters. The fourth-order valence-electron chi connectivity index (χ4n) is 1.34. The highest BCUT2D eigenvalue weighted by Gasteiger charge is 2.16. The molecule has 7 heteroatoms. The van der Waals surface area contributed by atoms with Crippen molar-refractivity contribution in [3.05, 3.63) is 35.6 Å². The Balaban J connectivity index is 2.36. The van der Waals surface area contributed by atoms with Gasteiger partial charge in [-0.1, -0.05) is 18.2 Å². The lowest BCUT2D eigenvalue weighted by molar-refractivity contribution is -0.147. The number of rotatable bonds is 6. The van der Waals surface area contributed by atoms with E-state index in [9.17, 15) is 14.0 Å². The van der Waals surface area contributed by atoms with Crippen LogP contribution in [0.15, 0.2) is 24.3 Å². The fourth-order valence-corrected chi connectivity index (χ4v) is 1.34. The van der Waals surface area contributed by atoms with Gasteiger partial charge in [0.25, 0.3) is 0 Å². The summed E-state index contributed by atoms with van der Waals surface area (Å²) >= 11 is 0. The molecule has 1 rings (SSSR count). The Morgan fingerprint density at radius 1 is 1.37 bits per heavy atom. The molecule has 0 saturated heterocycles. The van der Waals surface area contributed by atoms with Gasteiger partial charge in [-0.15, -0.1) is 0 Å². The molecule has 0 aromatic heterocycles. The topological polar surface area (TPSA) is 87.7 Å². The summed E-state index contributed by atoms with van der Waals surface area (Å²) in [6.45, 7) is -0.155. The van der Waals surface area contributed by atoms with Crippen LogP contribution in [0.3, 0.4) is 0 Å². The summed E-state index contributed by atoms with van der Waals surface area (Å²) in [6.07, 6.45) is -1.11. The zero-order chi connectivity index (χ0) is 14.3. The summed E-state index contributed by atoms with van der Waals surface area (Å²) in [4.78, 5) is 22.0. The molecule has 6 nitrogen and oxygen atoms in total. The third-order valence-electron chi connectivity index (χ3n) is 2.41. The molecule has 0 saturated carbocycles. The van der Waals surface area contributed by atoms with Crippen molar-refractivity contribution in [1.29, 1.82) is 0 Å². The Bertz CT molecular complexity index is 453. The van der Waals surface area contributed by atoms with Crippen LogP contribution >= 0.6 is 0 Å². The van der Waals surface area contributed by atoms with Crippen molar-refractivity contribution in [1.82, 2.24) is 10.6 Å². The van der Waals surface area contributed by atoms with E-state index in [1.54, 1.807) is 18.2 Å². The number of carbonyl (C=O) groups excluding carboxylic acids is 1. The summed E-state index contributed by atoms with van der Waals surface area (Å²) in [5, 5.41) is 13.4. The van der Waals surface area contributed by atoms with Crippen molar-refractivity contribution in [2.24, 2.45) is 0 Å². The van der Waals surface area contributed by atoms with Gasteiger partial charge in [-0.05, 0) is 6.07 Å². The van der Waals surface area contributed by atoms with Gasteiger partial charge in [-0.25, -0.2) is 14.0 Å². The molecule has 3 N–H and O–H groups in total. The van der Waals surface area contributed by atoms with Crippen molar-refractivity contribution in [3.8, 4) is 0 Å². The van der Waals surface area contributed by atoms with Crippen molar-refractivity contribution < 1.29 is 23.8 Å². The third-order valence-corrected chi connectivity index (χ3v) is 2.41. The summed E-state index contributed by atoms with van der Waals surface area (Å²) in [5.74, 6) is -1.58. The van der Waals surface area contributed by atoms with Crippen LogP contribution in [0, 0.1) is 5.82 Å². The highest BCUT2D eigenvalue weighted by Crippen LogP contribution is 2.05. The number of carboxylic acid groups (broad SMARTS) is 1. The van der Waals surface area contributed by atoms with E-state index in [1.807, 2.05) is 0 Å². The standard InChI is InChI=1S/C12H15FN2O4/c1-19-10(11(16)17)7-15-12(18)14-6-8-4-2-3-5-9(8)13/h2-5,10H,6-7H2,1H3,(H,16,17)(H2,14,15,18). The number of aliphatic carboxylic acids is 1. The molecule has 0 aliphatic heterocycles. The van der Waals surface area contributed by atoms with E-state index in [2.05, 4.69) is 15.4 Å². The summed E-state index contributed by atoms with van der Waals surface area (Å²) in [7, 11) is 1.23. The van der Waals surface area contributed by atoms with Gasteiger partial charge in [0.2, 0.25) is 0 Å². The van der Waals surface area contributed by atoms with E-state index in [4.69, 9.17) is 5.11 Å². The molecule has 19 heavy (non-hydrogen) atoms. The number of halogens is 1. The SMILES string of the molecule is COC(CNC(=O)NCc1ccccc1F)C(=O)O. The lowest BCUT2D eigenvalue weighted by Crippen LogP contribution is -2.42. The predicted molar refractivity (Wildman–Crippen MR) is 65.1 cm³/mol. The maximum atomic E-state index is 13.2. The van der Waals surface area contributed by atoms with Crippen molar-refractivity contribution >= 4 is 12.0 Å². The number of ether oxygens (including phenoxy) is 1. The Kier molecular flexibility index (Phi) is 5.74. The van der Waals surface area contributed by atoms with E-state index in [0.717, 1.165) is 0 Å². The minimum atomic E-state index is -1.17. The maximum absolute atomic E-state index is 13.2. The number of hydrogen-bond acceptors (Lipinski definition) is 3. The predicted octanol–water partition coefficient (Wildman–Crippen LogP) is 0.724. The Morgan fingerprint density at radius 2 is 2.05 bits per heavy atom. The van der Waals surface area contributed by atoms with Crippen LogP contribution in [0.5, 0.6) is 0 Å². The number of carbonyl (C=O) groups is 2. The summed E-state index contributed by atoms with van der Waals surface area (Å²) < 4.78 is 17.9. The van der Waals surface area contributed by atoms with Gasteiger partial charge < -0.3 is 20.5 Å². The smallest absolute Gasteiger partial charge is 0.334 e. The number of hydrogen-bond donors (Lipinski definition) is 3. The molecule has 0 aliphatic rings. The van der Waals surface area contributed by atoms with Crippen LogP contribution in [0.25, 0.3) is 0 Å². The number of amides is 2. The highest BCUT2D eigenvalue weighted by atomic mass is 19.1. The largest absolute Gasteiger partial charge is 0.479 e. The lowest BCUT2D eigenvalue weighted by atomic mass is 10.2. The molecule has 1 aromatic rings. The molecule has 0 radical (unpaired) electrons. The Morgan fingerprint density at radius 3 is 2.63 bits per heavy atom. The molecule has 1 aromatic carbocycles. The first kappa shape index (κ1) is 14.9. The monoisotopic (exact) mass is 270 g/mol. The third kappa shape index (κ3) is 4.92. The average Bonchev–Trinajstić information content (AvgIpc) is 2.38. The summed E-state index contributed by atoms with van der Waals surface area (Å²) in [6, 6.07) is 5.45. The number of benzene rings is 1. The Labute approximate surface area is 109 Å². The van der Waals surface area contributed by atoms with Crippen LogP contribution in [-0.2, 0) is 16.1 Å². The van der Waals surface area contributed by atoms with Gasteiger partial charge in [-0.2, -0.15) is 0 Å². The van der Waals surface area contributed by atoms with Crippen LogP contribution in [0.4, 0.5) is 9.18 Å². The van der Waals surface area contributed by atoms with Crippen molar-refractivity contribution in [2.45, 2.75) is 12.6 Å². The van der Waals surface area contributed by atoms with Crippen LogP contribution in [-0.4, -0.2) is 36.9 Å². The van der Waals surface area contributed by atoms with E-state index >= 15 is 0 Å². The van der Waals surface area contributed by atoms with Crippen molar-refractivity contribution in [3.63, 3.8) is 0 Å². The van der Waals surface area contributed by atoms with E-state index in [-0.39, 0.29) is 13.1 Å².